The normalized spacial score (nSPS) is 24.9. The van der Waals surface area contributed by atoms with Gasteiger partial charge in [-0.15, -0.1) is 0 Å². The van der Waals surface area contributed by atoms with Gasteiger partial charge in [0.05, 0.1) is 12.7 Å². The number of hydrogen-bond donors (Lipinski definition) is 1. The van der Waals surface area contributed by atoms with Gasteiger partial charge in [0.1, 0.15) is 6.61 Å². The van der Waals surface area contributed by atoms with Crippen molar-refractivity contribution in [1.29, 1.82) is 0 Å². The number of carbonyl (C=O) groups is 2. The molecule has 1 fully saturated rings. The number of nitrogens with zero attached hydrogens (tertiary/aromatic N) is 1. The van der Waals surface area contributed by atoms with Gasteiger partial charge < -0.3 is 14.6 Å². The van der Waals surface area contributed by atoms with Crippen molar-refractivity contribution in [2.45, 2.75) is 19.1 Å². The maximum Gasteiger partial charge on any atom is 0.411 e. The minimum atomic E-state index is -1.09. The highest BCUT2D eigenvalue weighted by Crippen LogP contribution is 2.15. The van der Waals surface area contributed by atoms with Gasteiger partial charge in [-0.1, -0.05) is 12.7 Å². The van der Waals surface area contributed by atoms with Gasteiger partial charge in [-0.2, -0.15) is 0 Å². The molecular formula is C10H15NO5. The molecule has 16 heavy (non-hydrogen) atoms. The summed E-state index contributed by atoms with van der Waals surface area (Å²) in [7, 11) is 0. The van der Waals surface area contributed by atoms with E-state index in [2.05, 4.69) is 6.58 Å². The van der Waals surface area contributed by atoms with Crippen molar-refractivity contribution in [3.05, 3.63) is 12.7 Å². The molecule has 6 nitrogen and oxygen atoms in total. The molecule has 1 amide bonds. The van der Waals surface area contributed by atoms with Gasteiger partial charge in [0.2, 0.25) is 0 Å². The zero-order valence-electron chi connectivity index (χ0n) is 9.09. The molecule has 1 rings (SSSR count). The Morgan fingerprint density at radius 1 is 1.69 bits per heavy atom. The molecule has 1 aliphatic heterocycles. The average molecular weight is 229 g/mol. The van der Waals surface area contributed by atoms with Crippen LogP contribution in [0.1, 0.15) is 6.92 Å². The summed E-state index contributed by atoms with van der Waals surface area (Å²) >= 11 is 0. The number of carbonyl (C=O) groups excluding carboxylic acids is 1. The average Bonchev–Trinajstić information content (AvgIpc) is 2.24. The van der Waals surface area contributed by atoms with Crippen LogP contribution in [0.5, 0.6) is 0 Å². The Morgan fingerprint density at radius 3 is 2.94 bits per heavy atom. The van der Waals surface area contributed by atoms with E-state index < -0.39 is 24.2 Å². The Labute approximate surface area is 93.4 Å². The molecule has 1 N–H and O–H groups in total. The van der Waals surface area contributed by atoms with Crippen LogP contribution < -0.4 is 0 Å². The topological polar surface area (TPSA) is 76.1 Å². The Morgan fingerprint density at radius 2 is 2.38 bits per heavy atom. The molecule has 1 saturated heterocycles. The molecule has 90 valence electrons. The Bertz CT molecular complexity index is 291. The lowest BCUT2D eigenvalue weighted by Crippen LogP contribution is -2.56. The number of carboxylic acid groups (broad SMARTS) is 1. The Hall–Kier alpha value is -1.56. The largest absolute Gasteiger partial charge is 0.480 e. The van der Waals surface area contributed by atoms with Gasteiger partial charge in [0.25, 0.3) is 0 Å². The lowest BCUT2D eigenvalue weighted by atomic mass is 10.1. The second kappa shape index (κ2) is 5.50. The molecule has 1 heterocycles. The van der Waals surface area contributed by atoms with E-state index in [1.54, 1.807) is 6.92 Å². The molecule has 0 aromatic carbocycles. The predicted molar refractivity (Wildman–Crippen MR) is 55.1 cm³/mol. The monoisotopic (exact) mass is 229 g/mol. The summed E-state index contributed by atoms with van der Waals surface area (Å²) in [5.74, 6) is -1.09. The zero-order valence-corrected chi connectivity index (χ0v) is 9.09. The smallest absolute Gasteiger partial charge is 0.411 e. The summed E-state index contributed by atoms with van der Waals surface area (Å²) in [5, 5.41) is 9.00. The number of ether oxygens (including phenoxy) is 2. The van der Waals surface area contributed by atoms with E-state index in [4.69, 9.17) is 14.6 Å². The van der Waals surface area contributed by atoms with E-state index in [0.29, 0.717) is 6.61 Å². The van der Waals surface area contributed by atoms with Crippen molar-refractivity contribution in [2.24, 2.45) is 0 Å². The molecule has 0 unspecified atom stereocenters. The van der Waals surface area contributed by atoms with Gasteiger partial charge in [-0.25, -0.2) is 9.59 Å². The van der Waals surface area contributed by atoms with Crippen LogP contribution in [0, 0.1) is 0 Å². The summed E-state index contributed by atoms with van der Waals surface area (Å²) in [6.45, 7) is 5.63. The SMILES string of the molecule is C=CCOC(=O)N1CCO[C@@H](C)[C@@H]1C(=O)O. The van der Waals surface area contributed by atoms with Gasteiger partial charge in [0.15, 0.2) is 6.04 Å². The van der Waals surface area contributed by atoms with E-state index in [0.717, 1.165) is 0 Å². The summed E-state index contributed by atoms with van der Waals surface area (Å²) in [6.07, 6.45) is 0.238. The van der Waals surface area contributed by atoms with Crippen LogP contribution in [0.3, 0.4) is 0 Å². The van der Waals surface area contributed by atoms with Crippen LogP contribution in [0.4, 0.5) is 4.79 Å². The van der Waals surface area contributed by atoms with Crippen LogP contribution in [0.15, 0.2) is 12.7 Å². The van der Waals surface area contributed by atoms with Crippen LogP contribution in [-0.4, -0.2) is 54.0 Å². The Kier molecular flexibility index (Phi) is 4.30. The minimum absolute atomic E-state index is 0.0664. The summed E-state index contributed by atoms with van der Waals surface area (Å²) < 4.78 is 10.00. The van der Waals surface area contributed by atoms with E-state index >= 15 is 0 Å². The first-order valence-electron chi connectivity index (χ1n) is 4.96. The molecule has 0 spiro atoms. The van der Waals surface area contributed by atoms with Crippen LogP contribution >= 0.6 is 0 Å². The fourth-order valence-electron chi connectivity index (χ4n) is 1.57. The molecule has 0 bridgehead atoms. The van der Waals surface area contributed by atoms with Crippen LogP contribution in [0.25, 0.3) is 0 Å². The van der Waals surface area contributed by atoms with Crippen LogP contribution in [-0.2, 0) is 14.3 Å². The molecule has 0 aromatic rings. The number of rotatable bonds is 3. The first-order chi connectivity index (χ1) is 7.57. The third-order valence-electron chi connectivity index (χ3n) is 2.31. The lowest BCUT2D eigenvalue weighted by molar-refractivity contribution is -0.153. The minimum Gasteiger partial charge on any atom is -0.480 e. The van der Waals surface area contributed by atoms with Gasteiger partial charge in [-0.05, 0) is 6.92 Å². The molecule has 0 aliphatic carbocycles. The number of carboxylic acids is 1. The molecule has 6 heteroatoms. The van der Waals surface area contributed by atoms with Crippen molar-refractivity contribution in [2.75, 3.05) is 19.8 Å². The van der Waals surface area contributed by atoms with E-state index in [-0.39, 0.29) is 13.2 Å². The Balaban J connectivity index is 2.70. The van der Waals surface area contributed by atoms with E-state index in [9.17, 15) is 9.59 Å². The van der Waals surface area contributed by atoms with E-state index in [1.165, 1.54) is 11.0 Å². The predicted octanol–water partition coefficient (Wildman–Crippen LogP) is 0.483. The zero-order chi connectivity index (χ0) is 12.1. The summed E-state index contributed by atoms with van der Waals surface area (Å²) in [5.41, 5.74) is 0. The highest BCUT2D eigenvalue weighted by atomic mass is 16.6. The summed E-state index contributed by atoms with van der Waals surface area (Å²) in [6, 6.07) is -0.994. The second-order valence-electron chi connectivity index (χ2n) is 3.42. The molecular weight excluding hydrogens is 214 g/mol. The molecule has 0 radical (unpaired) electrons. The van der Waals surface area contributed by atoms with Crippen molar-refractivity contribution in [1.82, 2.24) is 4.90 Å². The van der Waals surface area contributed by atoms with Crippen molar-refractivity contribution < 1.29 is 24.2 Å². The summed E-state index contributed by atoms with van der Waals surface area (Å²) in [4.78, 5) is 23.7. The van der Waals surface area contributed by atoms with Crippen LogP contribution in [0.2, 0.25) is 0 Å². The van der Waals surface area contributed by atoms with Gasteiger partial charge >= 0.3 is 12.1 Å². The van der Waals surface area contributed by atoms with Gasteiger partial charge in [0, 0.05) is 6.54 Å². The van der Waals surface area contributed by atoms with Crippen molar-refractivity contribution >= 4 is 12.1 Å². The number of aliphatic carboxylic acids is 1. The van der Waals surface area contributed by atoms with Crippen molar-refractivity contribution in [3.8, 4) is 0 Å². The van der Waals surface area contributed by atoms with Crippen molar-refractivity contribution in [3.63, 3.8) is 0 Å². The molecule has 0 aromatic heterocycles. The maximum atomic E-state index is 11.6. The highest BCUT2D eigenvalue weighted by Gasteiger charge is 2.38. The van der Waals surface area contributed by atoms with Gasteiger partial charge in [-0.3, -0.25) is 4.90 Å². The second-order valence-corrected chi connectivity index (χ2v) is 3.42. The third kappa shape index (κ3) is 2.73. The standard InChI is InChI=1S/C10H15NO5/c1-3-5-16-10(14)11-4-6-15-7(2)8(11)9(12)13/h3,7-8H,1,4-6H2,2H3,(H,12,13)/t7-,8+/m0/s1. The first kappa shape index (κ1) is 12.5. The third-order valence-corrected chi connectivity index (χ3v) is 2.31. The maximum absolute atomic E-state index is 11.6. The first-order valence-corrected chi connectivity index (χ1v) is 4.96. The molecule has 0 saturated carbocycles. The fourth-order valence-corrected chi connectivity index (χ4v) is 1.57. The molecule has 2 atom stereocenters. The quantitative estimate of drug-likeness (QED) is 0.712. The fraction of sp³-hybridized carbons (Fsp3) is 0.600. The highest BCUT2D eigenvalue weighted by molar-refractivity contribution is 5.80. The number of amides is 1. The number of hydrogen-bond acceptors (Lipinski definition) is 4. The lowest BCUT2D eigenvalue weighted by Gasteiger charge is -2.36. The molecule has 1 aliphatic rings. The number of morpholine rings is 1. The van der Waals surface area contributed by atoms with E-state index in [1.807, 2.05) is 0 Å².